The van der Waals surface area contributed by atoms with Gasteiger partial charge in [0.2, 0.25) is 5.95 Å². The van der Waals surface area contributed by atoms with E-state index in [0.29, 0.717) is 16.8 Å². The van der Waals surface area contributed by atoms with Gasteiger partial charge in [-0.3, -0.25) is 4.90 Å². The van der Waals surface area contributed by atoms with E-state index in [1.165, 1.54) is 0 Å². The number of imidazole rings is 1. The number of nitrogens with zero attached hydrogens (tertiary/aromatic N) is 5. The smallest absolute Gasteiger partial charge is 0.323 e. The lowest BCUT2D eigenvalue weighted by Gasteiger charge is -2.33. The third-order valence-corrected chi connectivity index (χ3v) is 5.95. The summed E-state index contributed by atoms with van der Waals surface area (Å²) in [4.78, 5) is 28.0. The van der Waals surface area contributed by atoms with Crippen LogP contribution in [0.3, 0.4) is 0 Å². The standard InChI is InChI=1S/C23H28ClN7O/c1-14(2)20-23(4,5)29-22(32)31(20)19-10-11-25-21(28-19)27-15(3)18-12-30(13-26-18)17-8-6-16(24)7-9-17/h6-15,20H,1-5H3,(H,29,32)(H,25,27,28)/t15-,20?/m0/s1. The molecule has 0 spiro atoms. The first kappa shape index (κ1) is 22.1. The van der Waals surface area contributed by atoms with E-state index in [2.05, 4.69) is 39.4 Å². The summed E-state index contributed by atoms with van der Waals surface area (Å²) in [6.45, 7) is 10.3. The van der Waals surface area contributed by atoms with Crippen molar-refractivity contribution in [3.63, 3.8) is 0 Å². The summed E-state index contributed by atoms with van der Waals surface area (Å²) in [5, 5.41) is 7.05. The highest BCUT2D eigenvalue weighted by molar-refractivity contribution is 6.30. The number of amides is 2. The molecule has 4 rings (SSSR count). The Hall–Kier alpha value is -3.13. The van der Waals surface area contributed by atoms with Crippen LogP contribution >= 0.6 is 11.6 Å². The Kier molecular flexibility index (Phi) is 5.81. The maximum Gasteiger partial charge on any atom is 0.323 e. The molecule has 0 aliphatic carbocycles. The summed E-state index contributed by atoms with van der Waals surface area (Å²) in [6, 6.07) is 9.03. The second-order valence-corrected chi connectivity index (χ2v) is 9.43. The number of urea groups is 1. The number of nitrogens with one attached hydrogen (secondary N) is 2. The van der Waals surface area contributed by atoms with Crippen LogP contribution in [0.2, 0.25) is 5.02 Å². The van der Waals surface area contributed by atoms with Gasteiger partial charge in [0.05, 0.1) is 29.6 Å². The molecule has 1 fully saturated rings. The van der Waals surface area contributed by atoms with Crippen molar-refractivity contribution in [2.24, 2.45) is 5.92 Å². The van der Waals surface area contributed by atoms with Crippen LogP contribution in [0.15, 0.2) is 49.1 Å². The van der Waals surface area contributed by atoms with E-state index in [9.17, 15) is 4.79 Å². The van der Waals surface area contributed by atoms with Crippen LogP contribution in [0.1, 0.15) is 46.4 Å². The number of hydrogen-bond acceptors (Lipinski definition) is 5. The molecule has 0 bridgehead atoms. The first-order valence-corrected chi connectivity index (χ1v) is 11.0. The number of rotatable bonds is 6. The molecule has 1 aromatic carbocycles. The number of aromatic nitrogens is 4. The fourth-order valence-corrected chi connectivity index (χ4v) is 4.50. The summed E-state index contributed by atoms with van der Waals surface area (Å²) in [6.07, 6.45) is 5.38. The fourth-order valence-electron chi connectivity index (χ4n) is 4.37. The molecule has 1 aliphatic rings. The Morgan fingerprint density at radius 3 is 2.53 bits per heavy atom. The molecule has 2 aromatic heterocycles. The zero-order valence-corrected chi connectivity index (χ0v) is 19.6. The number of anilines is 2. The number of carbonyl (C=O) groups excluding carboxylic acids is 1. The summed E-state index contributed by atoms with van der Waals surface area (Å²) in [5.74, 6) is 1.27. The third kappa shape index (κ3) is 4.27. The van der Waals surface area contributed by atoms with Crippen LogP contribution in [-0.4, -0.2) is 37.1 Å². The molecule has 32 heavy (non-hydrogen) atoms. The van der Waals surface area contributed by atoms with E-state index in [4.69, 9.17) is 11.6 Å². The van der Waals surface area contributed by atoms with E-state index < -0.39 is 0 Å². The van der Waals surface area contributed by atoms with Gasteiger partial charge in [-0.1, -0.05) is 25.4 Å². The van der Waals surface area contributed by atoms with Gasteiger partial charge in [-0.15, -0.1) is 0 Å². The molecule has 1 aliphatic heterocycles. The van der Waals surface area contributed by atoms with Crippen molar-refractivity contribution in [3.8, 4) is 5.69 Å². The van der Waals surface area contributed by atoms with E-state index >= 15 is 0 Å². The minimum atomic E-state index is -0.356. The average Bonchev–Trinajstić information content (AvgIpc) is 3.30. The normalized spacial score (nSPS) is 18.7. The molecule has 1 unspecified atom stereocenters. The van der Waals surface area contributed by atoms with Gasteiger partial charge in [-0.25, -0.2) is 14.8 Å². The number of carbonyl (C=O) groups is 1. The third-order valence-electron chi connectivity index (χ3n) is 5.70. The molecule has 3 aromatic rings. The highest BCUT2D eigenvalue weighted by atomic mass is 35.5. The molecule has 0 radical (unpaired) electrons. The Morgan fingerprint density at radius 2 is 1.84 bits per heavy atom. The molecule has 8 nitrogen and oxygen atoms in total. The SMILES string of the molecule is CC(C)C1N(c2ccnc(N[C@@H](C)c3cn(-c4ccc(Cl)cc4)cn3)n2)C(=O)NC1(C)C. The van der Waals surface area contributed by atoms with Gasteiger partial charge in [0.1, 0.15) is 5.82 Å². The molecular formula is C23H28ClN7O. The van der Waals surface area contributed by atoms with Gasteiger partial charge in [-0.05, 0) is 57.0 Å². The number of hydrogen-bond donors (Lipinski definition) is 2. The topological polar surface area (TPSA) is 88.0 Å². The van der Waals surface area contributed by atoms with E-state index in [-0.39, 0.29) is 29.6 Å². The minimum absolute atomic E-state index is 0.0229. The molecular weight excluding hydrogens is 426 g/mol. The molecule has 1 saturated heterocycles. The van der Waals surface area contributed by atoms with Gasteiger partial charge in [0.15, 0.2) is 0 Å². The molecule has 2 atom stereocenters. The second-order valence-electron chi connectivity index (χ2n) is 9.00. The summed E-state index contributed by atoms with van der Waals surface area (Å²) >= 11 is 5.98. The van der Waals surface area contributed by atoms with E-state index in [1.807, 2.05) is 55.8 Å². The second kappa shape index (κ2) is 8.43. The Bertz CT molecular complexity index is 1110. The molecule has 2 N–H and O–H groups in total. The average molecular weight is 454 g/mol. The first-order chi connectivity index (χ1) is 15.2. The fraction of sp³-hybridized carbons (Fsp3) is 0.391. The van der Waals surface area contributed by atoms with Crippen LogP contribution in [0.4, 0.5) is 16.6 Å². The predicted molar refractivity (Wildman–Crippen MR) is 126 cm³/mol. The van der Waals surface area contributed by atoms with Gasteiger partial charge in [-0.2, -0.15) is 4.98 Å². The molecule has 2 amide bonds. The maximum absolute atomic E-state index is 12.7. The summed E-state index contributed by atoms with van der Waals surface area (Å²) < 4.78 is 1.94. The van der Waals surface area contributed by atoms with Crippen LogP contribution < -0.4 is 15.5 Å². The lowest BCUT2D eigenvalue weighted by molar-refractivity contribution is 0.248. The van der Waals surface area contributed by atoms with Gasteiger partial charge in [0, 0.05) is 23.1 Å². The number of halogens is 1. The quantitative estimate of drug-likeness (QED) is 0.558. The van der Waals surface area contributed by atoms with Crippen molar-refractivity contribution >= 4 is 29.4 Å². The Labute approximate surface area is 193 Å². The van der Waals surface area contributed by atoms with Crippen LogP contribution in [0.25, 0.3) is 5.69 Å². The van der Waals surface area contributed by atoms with Gasteiger partial charge < -0.3 is 15.2 Å². The molecule has 3 heterocycles. The molecule has 168 valence electrons. The highest BCUT2D eigenvalue weighted by Gasteiger charge is 2.47. The first-order valence-electron chi connectivity index (χ1n) is 10.7. The lowest BCUT2D eigenvalue weighted by Crippen LogP contribution is -2.48. The Balaban J connectivity index is 1.53. The molecule has 9 heteroatoms. The van der Waals surface area contributed by atoms with E-state index in [0.717, 1.165) is 11.4 Å². The largest absolute Gasteiger partial charge is 0.346 e. The van der Waals surface area contributed by atoms with Crippen molar-refractivity contribution in [1.82, 2.24) is 24.8 Å². The van der Waals surface area contributed by atoms with Crippen LogP contribution in [0.5, 0.6) is 0 Å². The van der Waals surface area contributed by atoms with Crippen LogP contribution in [-0.2, 0) is 0 Å². The maximum atomic E-state index is 12.7. The van der Waals surface area contributed by atoms with Crippen molar-refractivity contribution in [2.75, 3.05) is 10.2 Å². The molecule has 0 saturated carbocycles. The number of benzene rings is 1. The zero-order valence-electron chi connectivity index (χ0n) is 18.9. The van der Waals surface area contributed by atoms with E-state index in [1.54, 1.807) is 23.5 Å². The van der Waals surface area contributed by atoms with Gasteiger partial charge >= 0.3 is 6.03 Å². The monoisotopic (exact) mass is 453 g/mol. The van der Waals surface area contributed by atoms with Crippen molar-refractivity contribution in [2.45, 2.75) is 52.2 Å². The Morgan fingerprint density at radius 1 is 1.12 bits per heavy atom. The van der Waals surface area contributed by atoms with Crippen molar-refractivity contribution < 1.29 is 4.79 Å². The van der Waals surface area contributed by atoms with Crippen LogP contribution in [0, 0.1) is 5.92 Å². The highest BCUT2D eigenvalue weighted by Crippen LogP contribution is 2.33. The summed E-state index contributed by atoms with van der Waals surface area (Å²) in [5.41, 5.74) is 1.46. The zero-order chi connectivity index (χ0) is 23.0. The van der Waals surface area contributed by atoms with Crippen molar-refractivity contribution in [3.05, 3.63) is 59.8 Å². The summed E-state index contributed by atoms with van der Waals surface area (Å²) in [7, 11) is 0. The lowest BCUT2D eigenvalue weighted by atomic mass is 9.87. The van der Waals surface area contributed by atoms with Gasteiger partial charge in [0.25, 0.3) is 0 Å². The predicted octanol–water partition coefficient (Wildman–Crippen LogP) is 4.82. The minimum Gasteiger partial charge on any atom is -0.346 e. The van der Waals surface area contributed by atoms with Crippen molar-refractivity contribution in [1.29, 1.82) is 0 Å².